The Bertz CT molecular complexity index is 141. The highest BCUT2D eigenvalue weighted by Gasteiger charge is 2.14. The number of unbranched alkanes of at least 4 members (excludes halogenated alkanes) is 3. The van der Waals surface area contributed by atoms with Crippen LogP contribution in [-0.2, 0) is 0 Å². The van der Waals surface area contributed by atoms with E-state index in [1.54, 1.807) is 4.90 Å². The molecule has 0 aromatic carbocycles. The van der Waals surface area contributed by atoms with E-state index in [-0.39, 0.29) is 0 Å². The van der Waals surface area contributed by atoms with Gasteiger partial charge in [-0.05, 0) is 12.8 Å². The molecule has 0 rings (SSSR count). The topological polar surface area (TPSA) is 4.44 Å². The molecule has 0 saturated heterocycles. The average molecular weight is 216 g/mol. The van der Waals surface area contributed by atoms with Crippen molar-refractivity contribution in [3.8, 4) is 0 Å². The fourth-order valence-corrected chi connectivity index (χ4v) is 1.94. The average Bonchev–Trinajstić information content (AvgIpc) is 2.11. The van der Waals surface area contributed by atoms with E-state index in [1.165, 1.54) is 56.2 Å². The van der Waals surface area contributed by atoms with Crippen LogP contribution in [0.2, 0.25) is 0 Å². The van der Waals surface area contributed by atoms with Gasteiger partial charge in [-0.25, -0.2) is 0 Å². The molecule has 0 saturated carbocycles. The summed E-state index contributed by atoms with van der Waals surface area (Å²) in [5.74, 6) is 0. The van der Waals surface area contributed by atoms with Gasteiger partial charge in [0.25, 0.3) is 0 Å². The minimum Gasteiger partial charge on any atom is -0.340 e. The van der Waals surface area contributed by atoms with Crippen LogP contribution in [0.3, 0.4) is 0 Å². The van der Waals surface area contributed by atoms with Crippen molar-refractivity contribution < 1.29 is 9.38 Å². The molecule has 0 aliphatic carbocycles. The minimum absolute atomic E-state index is 1.21. The van der Waals surface area contributed by atoms with E-state index in [0.717, 1.165) is 0 Å². The second kappa shape index (κ2) is 8.12. The fraction of sp³-hybridized carbons (Fsp3) is 1.00. The number of hydrogen-bond acceptors (Lipinski definition) is 0. The van der Waals surface area contributed by atoms with Crippen molar-refractivity contribution in [1.29, 1.82) is 0 Å². The zero-order chi connectivity index (χ0) is 11.7. The van der Waals surface area contributed by atoms with Gasteiger partial charge < -0.3 is 9.38 Å². The van der Waals surface area contributed by atoms with Gasteiger partial charge in [-0.2, -0.15) is 0 Å². The first-order chi connectivity index (χ1) is 6.98. The van der Waals surface area contributed by atoms with Crippen molar-refractivity contribution in [3.05, 3.63) is 0 Å². The molecule has 0 spiro atoms. The first-order valence-electron chi connectivity index (χ1n) is 6.59. The largest absolute Gasteiger partial charge is 0.340 e. The molecular formula is C13H32N2+2. The lowest BCUT2D eigenvalue weighted by atomic mass is 10.2. The summed E-state index contributed by atoms with van der Waals surface area (Å²) in [5.41, 5.74) is 0. The summed E-state index contributed by atoms with van der Waals surface area (Å²) in [6, 6.07) is 0. The summed E-state index contributed by atoms with van der Waals surface area (Å²) >= 11 is 0. The van der Waals surface area contributed by atoms with Crippen molar-refractivity contribution in [2.45, 2.75) is 39.0 Å². The maximum absolute atomic E-state index is 2.37. The third-order valence-electron chi connectivity index (χ3n) is 3.06. The van der Waals surface area contributed by atoms with Crippen LogP contribution in [0.25, 0.3) is 0 Å². The number of nitrogens with zero attached hydrogens (tertiary/aromatic N) is 1. The van der Waals surface area contributed by atoms with Crippen LogP contribution in [0.1, 0.15) is 39.0 Å². The highest BCUT2D eigenvalue weighted by molar-refractivity contribution is 4.41. The third kappa shape index (κ3) is 10.2. The van der Waals surface area contributed by atoms with Crippen molar-refractivity contribution in [2.24, 2.45) is 0 Å². The second-order valence-corrected chi connectivity index (χ2v) is 5.75. The summed E-state index contributed by atoms with van der Waals surface area (Å²) in [7, 11) is 9.22. The highest BCUT2D eigenvalue weighted by Crippen LogP contribution is 2.05. The molecule has 0 aliphatic rings. The first-order valence-corrected chi connectivity index (χ1v) is 6.59. The maximum Gasteiger partial charge on any atom is 0.0836 e. The summed E-state index contributed by atoms with van der Waals surface area (Å²) in [4.78, 5) is 1.57. The molecule has 0 radical (unpaired) electrons. The quantitative estimate of drug-likeness (QED) is 0.436. The molecule has 15 heavy (non-hydrogen) atoms. The number of rotatable bonds is 9. The maximum atomic E-state index is 2.37. The molecule has 0 fully saturated rings. The molecule has 2 nitrogen and oxygen atoms in total. The van der Waals surface area contributed by atoms with Crippen molar-refractivity contribution in [3.63, 3.8) is 0 Å². The molecule has 1 N–H and O–H groups in total. The van der Waals surface area contributed by atoms with E-state index < -0.39 is 0 Å². The monoisotopic (exact) mass is 216 g/mol. The van der Waals surface area contributed by atoms with Crippen molar-refractivity contribution in [1.82, 2.24) is 0 Å². The number of quaternary nitrogens is 2. The van der Waals surface area contributed by atoms with E-state index in [9.17, 15) is 0 Å². The molecule has 0 unspecified atom stereocenters. The molecule has 0 aliphatic heterocycles. The van der Waals surface area contributed by atoms with Crippen LogP contribution in [0, 0.1) is 0 Å². The summed E-state index contributed by atoms with van der Waals surface area (Å²) < 4.78 is 1.21. The van der Waals surface area contributed by atoms with E-state index >= 15 is 0 Å². The van der Waals surface area contributed by atoms with Gasteiger partial charge in [0.05, 0.1) is 47.8 Å². The SMILES string of the molecule is CCCCCC[N+](C)(C)CCC[NH+](C)C. The summed E-state index contributed by atoms with van der Waals surface area (Å²) in [6.45, 7) is 6.26. The Hall–Kier alpha value is -0.0800. The molecule has 0 atom stereocenters. The molecular weight excluding hydrogens is 184 g/mol. The van der Waals surface area contributed by atoms with Crippen LogP contribution in [0.5, 0.6) is 0 Å². The molecule has 92 valence electrons. The van der Waals surface area contributed by atoms with Gasteiger partial charge in [0.1, 0.15) is 0 Å². The van der Waals surface area contributed by atoms with Gasteiger partial charge in [0.15, 0.2) is 0 Å². The smallest absolute Gasteiger partial charge is 0.0836 e. The molecule has 0 aromatic heterocycles. The number of nitrogens with one attached hydrogen (secondary N) is 1. The molecule has 0 amide bonds. The molecule has 0 aromatic rings. The highest BCUT2D eigenvalue weighted by atomic mass is 15.3. The van der Waals surface area contributed by atoms with Crippen LogP contribution >= 0.6 is 0 Å². The zero-order valence-corrected chi connectivity index (χ0v) is 11.6. The van der Waals surface area contributed by atoms with E-state index in [0.29, 0.717) is 0 Å². The lowest BCUT2D eigenvalue weighted by Gasteiger charge is -2.30. The minimum atomic E-state index is 1.21. The Morgan fingerprint density at radius 1 is 0.867 bits per heavy atom. The van der Waals surface area contributed by atoms with E-state index in [4.69, 9.17) is 0 Å². The number of hydrogen-bond donors (Lipinski definition) is 1. The fourth-order valence-electron chi connectivity index (χ4n) is 1.94. The van der Waals surface area contributed by atoms with Crippen LogP contribution in [0.15, 0.2) is 0 Å². The predicted molar refractivity (Wildman–Crippen MR) is 68.3 cm³/mol. The molecule has 2 heteroatoms. The van der Waals surface area contributed by atoms with Crippen molar-refractivity contribution in [2.75, 3.05) is 47.8 Å². The Kier molecular flexibility index (Phi) is 8.07. The van der Waals surface area contributed by atoms with Gasteiger partial charge in [-0.15, -0.1) is 0 Å². The standard InChI is InChI=1S/C13H31N2/c1-6-7-8-9-12-15(4,5)13-10-11-14(2)3/h6-13H2,1-5H3/q+1/p+1. The molecule has 0 bridgehead atoms. The third-order valence-corrected chi connectivity index (χ3v) is 3.06. The van der Waals surface area contributed by atoms with Crippen LogP contribution in [-0.4, -0.2) is 52.3 Å². The Labute approximate surface area is 96.8 Å². The lowest BCUT2D eigenvalue weighted by molar-refractivity contribution is -0.900. The second-order valence-electron chi connectivity index (χ2n) is 5.75. The summed E-state index contributed by atoms with van der Waals surface area (Å²) in [5, 5.41) is 0. The van der Waals surface area contributed by atoms with Gasteiger partial charge >= 0.3 is 0 Å². The van der Waals surface area contributed by atoms with Crippen LogP contribution < -0.4 is 4.90 Å². The Morgan fingerprint density at radius 2 is 1.47 bits per heavy atom. The van der Waals surface area contributed by atoms with Gasteiger partial charge in [-0.3, -0.25) is 0 Å². The predicted octanol–water partition coefficient (Wildman–Crippen LogP) is 1.18. The van der Waals surface area contributed by atoms with Gasteiger partial charge in [0.2, 0.25) is 0 Å². The normalized spacial score (nSPS) is 12.4. The van der Waals surface area contributed by atoms with E-state index in [1.807, 2.05) is 0 Å². The van der Waals surface area contributed by atoms with Crippen molar-refractivity contribution >= 4 is 0 Å². The zero-order valence-electron chi connectivity index (χ0n) is 11.6. The van der Waals surface area contributed by atoms with Gasteiger partial charge in [0, 0.05) is 6.42 Å². The molecule has 0 heterocycles. The van der Waals surface area contributed by atoms with Gasteiger partial charge in [-0.1, -0.05) is 19.8 Å². The van der Waals surface area contributed by atoms with E-state index in [2.05, 4.69) is 35.1 Å². The lowest BCUT2D eigenvalue weighted by Crippen LogP contribution is -3.05. The Balaban J connectivity index is 3.48. The Morgan fingerprint density at radius 3 is 2.00 bits per heavy atom. The first kappa shape index (κ1) is 14.9. The summed E-state index contributed by atoms with van der Waals surface area (Å²) in [6.07, 6.45) is 6.91. The van der Waals surface area contributed by atoms with Crippen LogP contribution in [0.4, 0.5) is 0 Å².